The molecule has 1 saturated heterocycles. The van der Waals surface area contributed by atoms with Gasteiger partial charge in [0.25, 0.3) is 0 Å². The highest BCUT2D eigenvalue weighted by Crippen LogP contribution is 2.19. The van der Waals surface area contributed by atoms with Crippen LogP contribution in [0.25, 0.3) is 0 Å². The Kier molecular flexibility index (Phi) is 6.07. The highest BCUT2D eigenvalue weighted by Gasteiger charge is 2.30. The van der Waals surface area contributed by atoms with Crippen molar-refractivity contribution in [3.05, 3.63) is 0 Å². The topological polar surface area (TPSA) is 81.7 Å². The van der Waals surface area contributed by atoms with E-state index in [4.69, 9.17) is 0 Å². The van der Waals surface area contributed by atoms with Crippen LogP contribution in [0.5, 0.6) is 0 Å². The number of imide groups is 1. The minimum atomic E-state index is -0.466. The monoisotopic (exact) mass is 257 g/mol. The maximum absolute atomic E-state index is 11.9. The maximum Gasteiger partial charge on any atom is 0.321 e. The molecule has 3 amide bonds. The molecule has 104 valence electrons. The largest absolute Gasteiger partial charge is 0.395 e. The molecule has 2 atom stereocenters. The van der Waals surface area contributed by atoms with E-state index in [1.165, 1.54) is 0 Å². The summed E-state index contributed by atoms with van der Waals surface area (Å²) in [4.78, 5) is 25.1. The van der Waals surface area contributed by atoms with Crippen molar-refractivity contribution in [1.82, 2.24) is 15.5 Å². The fourth-order valence-corrected chi connectivity index (χ4v) is 2.30. The van der Waals surface area contributed by atoms with Gasteiger partial charge in [0.05, 0.1) is 12.6 Å². The number of carbonyl (C=O) groups excluding carboxylic acids is 2. The van der Waals surface area contributed by atoms with Crippen molar-refractivity contribution in [3.63, 3.8) is 0 Å². The Morgan fingerprint density at radius 1 is 1.44 bits per heavy atom. The highest BCUT2D eigenvalue weighted by molar-refractivity contribution is 5.96. The smallest absolute Gasteiger partial charge is 0.321 e. The number of hydrogen-bond donors (Lipinski definition) is 3. The van der Waals surface area contributed by atoms with E-state index in [1.807, 2.05) is 4.90 Å². The van der Waals surface area contributed by atoms with E-state index in [1.54, 1.807) is 13.8 Å². The zero-order valence-electron chi connectivity index (χ0n) is 11.1. The molecule has 1 fully saturated rings. The molecule has 1 aliphatic heterocycles. The van der Waals surface area contributed by atoms with Crippen LogP contribution < -0.4 is 10.6 Å². The van der Waals surface area contributed by atoms with Gasteiger partial charge in [0, 0.05) is 12.6 Å². The quantitative estimate of drug-likeness (QED) is 0.665. The number of hydrogen-bond acceptors (Lipinski definition) is 4. The Labute approximate surface area is 108 Å². The Balaban J connectivity index is 2.53. The van der Waals surface area contributed by atoms with Crippen molar-refractivity contribution in [2.24, 2.45) is 0 Å². The third-order valence-corrected chi connectivity index (χ3v) is 3.33. The molecule has 0 aromatic heterocycles. The molecule has 6 heteroatoms. The van der Waals surface area contributed by atoms with Crippen LogP contribution in [0.2, 0.25) is 0 Å². The van der Waals surface area contributed by atoms with Crippen molar-refractivity contribution in [2.75, 3.05) is 19.7 Å². The number of amides is 3. The van der Waals surface area contributed by atoms with Crippen LogP contribution >= 0.6 is 0 Å². The molecule has 0 bridgehead atoms. The van der Waals surface area contributed by atoms with E-state index in [-0.39, 0.29) is 18.6 Å². The van der Waals surface area contributed by atoms with Gasteiger partial charge >= 0.3 is 6.03 Å². The van der Waals surface area contributed by atoms with Gasteiger partial charge in [-0.15, -0.1) is 0 Å². The molecule has 1 aliphatic rings. The van der Waals surface area contributed by atoms with Gasteiger partial charge in [-0.3, -0.25) is 15.0 Å². The lowest BCUT2D eigenvalue weighted by molar-refractivity contribution is -0.126. The number of nitrogens with one attached hydrogen (secondary N) is 2. The van der Waals surface area contributed by atoms with Gasteiger partial charge in [-0.2, -0.15) is 0 Å². The van der Waals surface area contributed by atoms with E-state index in [0.29, 0.717) is 6.54 Å². The first kappa shape index (κ1) is 14.9. The van der Waals surface area contributed by atoms with Crippen LogP contribution in [0.1, 0.15) is 33.1 Å². The number of rotatable bonds is 4. The van der Waals surface area contributed by atoms with Crippen molar-refractivity contribution in [2.45, 2.75) is 45.2 Å². The number of carbonyl (C=O) groups is 2. The van der Waals surface area contributed by atoms with E-state index < -0.39 is 12.1 Å². The summed E-state index contributed by atoms with van der Waals surface area (Å²) in [5, 5.41) is 14.1. The minimum absolute atomic E-state index is 0.0220. The lowest BCUT2D eigenvalue weighted by Gasteiger charge is -2.38. The molecular formula is C12H23N3O3. The van der Waals surface area contributed by atoms with E-state index in [0.717, 1.165) is 25.8 Å². The molecule has 3 N–H and O–H groups in total. The van der Waals surface area contributed by atoms with Crippen LogP contribution in [-0.4, -0.2) is 53.7 Å². The van der Waals surface area contributed by atoms with E-state index in [9.17, 15) is 14.7 Å². The zero-order valence-corrected chi connectivity index (χ0v) is 11.1. The lowest BCUT2D eigenvalue weighted by Crippen LogP contribution is -2.54. The summed E-state index contributed by atoms with van der Waals surface area (Å²) in [6, 6.07) is -0.842. The molecule has 0 aromatic carbocycles. The van der Waals surface area contributed by atoms with Gasteiger partial charge in [-0.05, 0) is 33.2 Å². The first-order valence-electron chi connectivity index (χ1n) is 6.55. The summed E-state index contributed by atoms with van der Waals surface area (Å²) >= 11 is 0. The van der Waals surface area contributed by atoms with E-state index >= 15 is 0 Å². The first-order chi connectivity index (χ1) is 8.60. The first-order valence-corrected chi connectivity index (χ1v) is 6.55. The van der Waals surface area contributed by atoms with Crippen LogP contribution in [-0.2, 0) is 4.79 Å². The third-order valence-electron chi connectivity index (χ3n) is 3.33. The molecule has 1 rings (SSSR count). The normalized spacial score (nSPS) is 22.3. The molecule has 1 heterocycles. The van der Waals surface area contributed by atoms with Gasteiger partial charge in [-0.25, -0.2) is 4.79 Å². The van der Waals surface area contributed by atoms with Crippen molar-refractivity contribution < 1.29 is 14.7 Å². The second kappa shape index (κ2) is 7.33. The summed E-state index contributed by atoms with van der Waals surface area (Å²) in [7, 11) is 0. The molecular weight excluding hydrogens is 234 g/mol. The molecule has 18 heavy (non-hydrogen) atoms. The highest BCUT2D eigenvalue weighted by atomic mass is 16.3. The fourth-order valence-electron chi connectivity index (χ4n) is 2.30. The van der Waals surface area contributed by atoms with Crippen molar-refractivity contribution in [3.8, 4) is 0 Å². The average molecular weight is 257 g/mol. The van der Waals surface area contributed by atoms with Crippen LogP contribution in [0, 0.1) is 0 Å². The Hall–Kier alpha value is -1.14. The van der Waals surface area contributed by atoms with Gasteiger partial charge in [0.15, 0.2) is 0 Å². The standard InChI is InChI=1S/C12H23N3O3/c1-3-13-12(18)14-11(17)9(2)15-7-5-4-6-10(15)8-16/h9-10,16H,3-8H2,1-2H3,(H2,13,14,17,18). The number of urea groups is 1. The van der Waals surface area contributed by atoms with Crippen molar-refractivity contribution in [1.29, 1.82) is 0 Å². The second-order valence-electron chi connectivity index (χ2n) is 4.59. The number of aliphatic hydroxyl groups excluding tert-OH is 1. The fraction of sp³-hybridized carbons (Fsp3) is 0.833. The van der Waals surface area contributed by atoms with Gasteiger partial charge in [0.1, 0.15) is 0 Å². The van der Waals surface area contributed by atoms with Crippen LogP contribution in [0.4, 0.5) is 4.79 Å². The number of aliphatic hydroxyl groups is 1. The van der Waals surface area contributed by atoms with Gasteiger partial charge in [0.2, 0.25) is 5.91 Å². The van der Waals surface area contributed by atoms with Crippen LogP contribution in [0.15, 0.2) is 0 Å². The maximum atomic E-state index is 11.9. The minimum Gasteiger partial charge on any atom is -0.395 e. The molecule has 0 aliphatic carbocycles. The van der Waals surface area contributed by atoms with Gasteiger partial charge in [-0.1, -0.05) is 6.42 Å². The number of piperidine rings is 1. The zero-order chi connectivity index (χ0) is 13.5. The van der Waals surface area contributed by atoms with E-state index in [2.05, 4.69) is 10.6 Å². The Bertz CT molecular complexity index is 296. The summed E-state index contributed by atoms with van der Waals surface area (Å²) in [5.41, 5.74) is 0. The summed E-state index contributed by atoms with van der Waals surface area (Å²) in [6.45, 7) is 4.88. The Morgan fingerprint density at radius 2 is 2.17 bits per heavy atom. The van der Waals surface area contributed by atoms with Gasteiger partial charge < -0.3 is 10.4 Å². The SMILES string of the molecule is CCNC(=O)NC(=O)C(C)N1CCCCC1CO. The van der Waals surface area contributed by atoms with Crippen LogP contribution in [0.3, 0.4) is 0 Å². The summed E-state index contributed by atoms with van der Waals surface area (Å²) < 4.78 is 0. The second-order valence-corrected chi connectivity index (χ2v) is 4.59. The lowest BCUT2D eigenvalue weighted by atomic mass is 10.0. The number of nitrogens with zero attached hydrogens (tertiary/aromatic N) is 1. The molecule has 6 nitrogen and oxygen atoms in total. The van der Waals surface area contributed by atoms with Crippen molar-refractivity contribution >= 4 is 11.9 Å². The summed E-state index contributed by atoms with van der Waals surface area (Å²) in [5.74, 6) is -0.318. The predicted molar refractivity (Wildman–Crippen MR) is 68.1 cm³/mol. The average Bonchev–Trinajstić information content (AvgIpc) is 2.38. The summed E-state index contributed by atoms with van der Waals surface area (Å²) in [6.07, 6.45) is 3.00. The molecule has 0 saturated carbocycles. The molecule has 0 aromatic rings. The Morgan fingerprint density at radius 3 is 2.78 bits per heavy atom. The predicted octanol–water partition coefficient (Wildman–Crippen LogP) is 0.0674. The molecule has 0 spiro atoms. The third kappa shape index (κ3) is 3.96. The molecule has 2 unspecified atom stereocenters. The number of likely N-dealkylation sites (tertiary alicyclic amines) is 1. The molecule has 0 radical (unpaired) electrons.